The Labute approximate surface area is 89.0 Å². The molecule has 84 valence electrons. The van der Waals surface area contributed by atoms with E-state index in [1.54, 1.807) is 12.3 Å². The van der Waals surface area contributed by atoms with Crippen LogP contribution in [0.15, 0.2) is 12.3 Å². The second-order valence-corrected chi connectivity index (χ2v) is 3.93. The molecule has 15 heavy (non-hydrogen) atoms. The molecule has 0 radical (unpaired) electrons. The molecule has 1 atom stereocenters. The summed E-state index contributed by atoms with van der Waals surface area (Å²) in [6.07, 6.45) is 1.66. The maximum atomic E-state index is 9.54. The lowest BCUT2D eigenvalue weighted by atomic mass is 10.1. The van der Waals surface area contributed by atoms with Crippen molar-refractivity contribution in [3.8, 4) is 0 Å². The van der Waals surface area contributed by atoms with Crippen LogP contribution >= 0.6 is 0 Å². The lowest BCUT2D eigenvalue weighted by Crippen LogP contribution is -2.37. The molecule has 5 N–H and O–H groups in total. The average molecular weight is 211 g/mol. The summed E-state index contributed by atoms with van der Waals surface area (Å²) in [4.78, 5) is 4.09. The van der Waals surface area contributed by atoms with E-state index < -0.39 is 5.60 Å². The number of anilines is 2. The van der Waals surface area contributed by atoms with Crippen LogP contribution in [-0.4, -0.2) is 33.9 Å². The molecule has 1 rings (SSSR count). The SMILES string of the molecule is Cc1cnc(NCC(C)(O)CO)cc1N. The summed E-state index contributed by atoms with van der Waals surface area (Å²) in [6, 6.07) is 1.70. The van der Waals surface area contributed by atoms with E-state index in [0.717, 1.165) is 5.56 Å². The smallest absolute Gasteiger partial charge is 0.128 e. The van der Waals surface area contributed by atoms with Gasteiger partial charge in [0, 0.05) is 24.5 Å². The first-order valence-electron chi connectivity index (χ1n) is 4.74. The number of aryl methyl sites for hydroxylation is 1. The number of hydrogen-bond acceptors (Lipinski definition) is 5. The summed E-state index contributed by atoms with van der Waals surface area (Å²) in [5, 5.41) is 21.3. The van der Waals surface area contributed by atoms with Gasteiger partial charge in [-0.1, -0.05) is 0 Å². The predicted octanol–water partition coefficient (Wildman–Crippen LogP) is 0.127. The van der Waals surface area contributed by atoms with Crippen LogP contribution in [0.2, 0.25) is 0 Å². The summed E-state index contributed by atoms with van der Waals surface area (Å²) in [6.45, 7) is 3.33. The Bertz CT molecular complexity index is 339. The third kappa shape index (κ3) is 3.38. The Balaban J connectivity index is 2.62. The van der Waals surface area contributed by atoms with Crippen LogP contribution in [0.4, 0.5) is 11.5 Å². The van der Waals surface area contributed by atoms with Crippen molar-refractivity contribution < 1.29 is 10.2 Å². The van der Waals surface area contributed by atoms with Crippen molar-refractivity contribution in [3.05, 3.63) is 17.8 Å². The van der Waals surface area contributed by atoms with Crippen LogP contribution in [0.5, 0.6) is 0 Å². The van der Waals surface area contributed by atoms with E-state index in [1.165, 1.54) is 6.92 Å². The number of aliphatic hydroxyl groups is 2. The van der Waals surface area contributed by atoms with Crippen LogP contribution in [0.3, 0.4) is 0 Å². The lowest BCUT2D eigenvalue weighted by molar-refractivity contribution is 0.0132. The predicted molar refractivity (Wildman–Crippen MR) is 59.6 cm³/mol. The quantitative estimate of drug-likeness (QED) is 0.568. The molecule has 1 aromatic rings. The minimum absolute atomic E-state index is 0.221. The molecule has 0 aliphatic carbocycles. The summed E-state index contributed by atoms with van der Waals surface area (Å²) in [5.41, 5.74) is 6.11. The highest BCUT2D eigenvalue weighted by atomic mass is 16.3. The number of nitrogens with zero attached hydrogens (tertiary/aromatic N) is 1. The van der Waals surface area contributed by atoms with E-state index in [4.69, 9.17) is 10.8 Å². The van der Waals surface area contributed by atoms with Crippen molar-refractivity contribution in [2.45, 2.75) is 19.4 Å². The Morgan fingerprint density at radius 3 is 2.80 bits per heavy atom. The number of rotatable bonds is 4. The van der Waals surface area contributed by atoms with Crippen molar-refractivity contribution in [2.24, 2.45) is 0 Å². The molecule has 0 spiro atoms. The Morgan fingerprint density at radius 2 is 2.27 bits per heavy atom. The van der Waals surface area contributed by atoms with Gasteiger partial charge in [0.05, 0.1) is 6.61 Å². The molecule has 1 heterocycles. The minimum atomic E-state index is -1.15. The Hall–Kier alpha value is -1.33. The fraction of sp³-hybridized carbons (Fsp3) is 0.500. The van der Waals surface area contributed by atoms with Crippen molar-refractivity contribution in [3.63, 3.8) is 0 Å². The van der Waals surface area contributed by atoms with Gasteiger partial charge in [0.1, 0.15) is 11.4 Å². The molecule has 0 aromatic carbocycles. The van der Waals surface area contributed by atoms with Crippen molar-refractivity contribution in [2.75, 3.05) is 24.2 Å². The second-order valence-electron chi connectivity index (χ2n) is 3.93. The van der Waals surface area contributed by atoms with Gasteiger partial charge in [-0.15, -0.1) is 0 Å². The molecule has 1 unspecified atom stereocenters. The number of nitrogens with two attached hydrogens (primary N) is 1. The van der Waals surface area contributed by atoms with Crippen molar-refractivity contribution in [1.29, 1.82) is 0 Å². The van der Waals surface area contributed by atoms with Gasteiger partial charge in [0.25, 0.3) is 0 Å². The van der Waals surface area contributed by atoms with Crippen LogP contribution in [0.1, 0.15) is 12.5 Å². The zero-order valence-electron chi connectivity index (χ0n) is 8.99. The molecule has 0 aliphatic rings. The highest BCUT2D eigenvalue weighted by Crippen LogP contribution is 2.14. The first kappa shape index (κ1) is 11.7. The molecule has 0 aliphatic heterocycles. The van der Waals surface area contributed by atoms with Gasteiger partial charge in [-0.3, -0.25) is 0 Å². The molecule has 5 heteroatoms. The highest BCUT2D eigenvalue weighted by molar-refractivity contribution is 5.53. The first-order chi connectivity index (χ1) is 6.94. The second kappa shape index (κ2) is 4.46. The topological polar surface area (TPSA) is 91.4 Å². The summed E-state index contributed by atoms with van der Waals surface area (Å²) in [5.74, 6) is 0.590. The molecule has 0 amide bonds. The summed E-state index contributed by atoms with van der Waals surface area (Å²) < 4.78 is 0. The zero-order valence-corrected chi connectivity index (χ0v) is 8.99. The van der Waals surface area contributed by atoms with Gasteiger partial charge in [-0.05, 0) is 19.4 Å². The number of nitrogen functional groups attached to an aromatic ring is 1. The number of pyridine rings is 1. The fourth-order valence-corrected chi connectivity index (χ4v) is 0.973. The van der Waals surface area contributed by atoms with E-state index in [-0.39, 0.29) is 13.2 Å². The number of nitrogens with one attached hydrogen (secondary N) is 1. The van der Waals surface area contributed by atoms with Gasteiger partial charge >= 0.3 is 0 Å². The largest absolute Gasteiger partial charge is 0.398 e. The molecule has 5 nitrogen and oxygen atoms in total. The van der Waals surface area contributed by atoms with E-state index in [2.05, 4.69) is 10.3 Å². The maximum absolute atomic E-state index is 9.54. The normalized spacial score (nSPS) is 14.7. The standard InChI is InChI=1S/C10H17N3O2/c1-7-4-12-9(3-8(7)11)13-5-10(2,15)6-14/h3-4,14-15H,5-6H2,1-2H3,(H3,11,12,13). The van der Waals surface area contributed by atoms with Crippen LogP contribution in [0.25, 0.3) is 0 Å². The van der Waals surface area contributed by atoms with E-state index in [9.17, 15) is 5.11 Å². The molecular formula is C10H17N3O2. The van der Waals surface area contributed by atoms with E-state index in [0.29, 0.717) is 11.5 Å². The van der Waals surface area contributed by atoms with Crippen molar-refractivity contribution >= 4 is 11.5 Å². The molecule has 0 fully saturated rings. The number of hydrogen-bond donors (Lipinski definition) is 4. The number of aromatic nitrogens is 1. The van der Waals surface area contributed by atoms with Crippen LogP contribution < -0.4 is 11.1 Å². The average Bonchev–Trinajstić information content (AvgIpc) is 2.20. The third-order valence-electron chi connectivity index (χ3n) is 2.14. The van der Waals surface area contributed by atoms with Gasteiger partial charge in [0.15, 0.2) is 0 Å². The van der Waals surface area contributed by atoms with E-state index in [1.807, 2.05) is 6.92 Å². The Kier molecular flexibility index (Phi) is 3.49. The molecule has 0 saturated carbocycles. The summed E-state index contributed by atoms with van der Waals surface area (Å²) in [7, 11) is 0. The molecule has 0 bridgehead atoms. The van der Waals surface area contributed by atoms with Crippen LogP contribution in [0, 0.1) is 6.92 Å². The lowest BCUT2D eigenvalue weighted by Gasteiger charge is -2.21. The van der Waals surface area contributed by atoms with Crippen LogP contribution in [-0.2, 0) is 0 Å². The monoisotopic (exact) mass is 211 g/mol. The maximum Gasteiger partial charge on any atom is 0.128 e. The third-order valence-corrected chi connectivity index (χ3v) is 2.14. The van der Waals surface area contributed by atoms with Gasteiger partial charge in [-0.2, -0.15) is 0 Å². The summed E-state index contributed by atoms with van der Waals surface area (Å²) >= 11 is 0. The molecule has 1 aromatic heterocycles. The van der Waals surface area contributed by atoms with Gasteiger partial charge in [0.2, 0.25) is 0 Å². The van der Waals surface area contributed by atoms with E-state index >= 15 is 0 Å². The molecule has 0 saturated heterocycles. The Morgan fingerprint density at radius 1 is 1.60 bits per heavy atom. The van der Waals surface area contributed by atoms with Gasteiger partial charge < -0.3 is 21.3 Å². The highest BCUT2D eigenvalue weighted by Gasteiger charge is 2.18. The first-order valence-corrected chi connectivity index (χ1v) is 4.74. The van der Waals surface area contributed by atoms with Gasteiger partial charge in [-0.25, -0.2) is 4.98 Å². The molecular weight excluding hydrogens is 194 g/mol. The zero-order chi connectivity index (χ0) is 11.5. The number of aliphatic hydroxyl groups excluding tert-OH is 1. The fourth-order valence-electron chi connectivity index (χ4n) is 0.973. The minimum Gasteiger partial charge on any atom is -0.398 e. The van der Waals surface area contributed by atoms with Crippen molar-refractivity contribution in [1.82, 2.24) is 4.98 Å².